The molecule has 26 rings (SSSR count). The lowest BCUT2D eigenvalue weighted by Gasteiger charge is -2.14. The predicted molar refractivity (Wildman–Crippen MR) is 514 cm³/mol. The van der Waals surface area contributed by atoms with Crippen LogP contribution in [0.2, 0.25) is 0 Å². The molecule has 0 atom stereocenters. The maximum absolute atomic E-state index is 7.19. The molecule has 0 aliphatic rings. The first kappa shape index (κ1) is 70.6. The van der Waals surface area contributed by atoms with Gasteiger partial charge in [-0.25, -0.2) is 29.9 Å². The molecular weight excluding hydrogens is 1540 g/mol. The Labute approximate surface area is 720 Å². The number of fused-ring (bicyclic) bond motifs is 20. The van der Waals surface area contributed by atoms with Gasteiger partial charge in [-0.1, -0.05) is 297 Å². The van der Waals surface area contributed by atoms with Crippen molar-refractivity contribution >= 4 is 131 Å². The van der Waals surface area contributed by atoms with E-state index in [1.807, 2.05) is 72.8 Å². The first-order valence-electron chi connectivity index (χ1n) is 42.5. The summed E-state index contributed by atoms with van der Waals surface area (Å²) in [5.74, 6) is 3.27. The van der Waals surface area contributed by atoms with Crippen molar-refractivity contribution in [3.8, 4) is 124 Å². The Bertz CT molecular complexity index is 8990. The minimum absolute atomic E-state index is 0.508. The number of hydrogen-bond acceptors (Lipinski definition) is 8. The molecule has 126 heavy (non-hydrogen) atoms. The summed E-state index contributed by atoms with van der Waals surface area (Å²) in [6, 6.07) is 146. The summed E-state index contributed by atoms with van der Waals surface area (Å²) in [6.45, 7) is 0. The van der Waals surface area contributed by atoms with Crippen LogP contribution in [0.5, 0.6) is 0 Å². The topological polar surface area (TPSA) is 123 Å². The van der Waals surface area contributed by atoms with Crippen molar-refractivity contribution in [3.05, 3.63) is 413 Å². The maximum Gasteiger partial charge on any atom is 0.167 e. The number of para-hydroxylation sites is 7. The van der Waals surface area contributed by atoms with Gasteiger partial charge in [-0.15, -0.1) is 0 Å². The molecule has 0 aliphatic carbocycles. The van der Waals surface area contributed by atoms with E-state index in [4.69, 9.17) is 38.7 Å². The number of nitrogens with zero attached hydrogens (tertiary/aromatic N) is 10. The Morgan fingerprint density at radius 1 is 0.175 bits per heavy atom. The van der Waals surface area contributed by atoms with Crippen LogP contribution >= 0.6 is 0 Å². The van der Waals surface area contributed by atoms with E-state index in [1.54, 1.807) is 0 Å². The van der Waals surface area contributed by atoms with Gasteiger partial charge in [0.1, 0.15) is 16.7 Å². The van der Waals surface area contributed by atoms with Gasteiger partial charge < -0.3 is 27.1 Å². The van der Waals surface area contributed by atoms with E-state index in [-0.39, 0.29) is 0 Å². The van der Waals surface area contributed by atoms with Gasteiger partial charge in [0.05, 0.1) is 66.5 Å². The standard InChI is InChI=1S/C114H68N10O2/c1-5-29-69(30-6-1)72-35-26-40-77(66-72)112-116-110(71-33-9-3-10-34-71)118-114(120-112)90-60-63-97(104-88-50-18-24-56-100(88)125-107(90)104)123-93-53-21-15-47-85(93)102-95(123)61-57-84-82-46-14-20-52-92(82)122(106(84)102)80-44-28-39-76(68-80)74-37-25-36-73(65-74)75-38-27-41-78(67-75)111-115-109(70-31-7-2-8-32-70)117-113(119-111)89-59-64-98(108-101(89)87-49-17-23-55-99(87)126-108)124-94-54-22-16-48-86(94)103-96(124)62-58-83-81-45-13-19-51-91(81)121(105(83)103)79-42-11-4-12-43-79/h1-68H. The van der Waals surface area contributed by atoms with E-state index in [1.165, 1.54) is 10.8 Å². The molecule has 0 aliphatic heterocycles. The minimum Gasteiger partial charge on any atom is -0.455 e. The molecule has 0 fully saturated rings. The highest BCUT2D eigenvalue weighted by atomic mass is 16.3. The van der Waals surface area contributed by atoms with Gasteiger partial charge >= 0.3 is 0 Å². The molecule has 8 heterocycles. The molecule has 12 nitrogen and oxygen atoms in total. The molecule has 12 heteroatoms. The maximum atomic E-state index is 7.19. The predicted octanol–water partition coefficient (Wildman–Crippen LogP) is 29.2. The van der Waals surface area contributed by atoms with Gasteiger partial charge in [0, 0.05) is 98.4 Å². The first-order valence-corrected chi connectivity index (χ1v) is 42.5. The quantitative estimate of drug-likeness (QED) is 0.112. The Hall–Kier alpha value is -17.2. The van der Waals surface area contributed by atoms with Crippen molar-refractivity contribution in [1.82, 2.24) is 48.2 Å². The molecular formula is C114H68N10O2. The van der Waals surface area contributed by atoms with Crippen LogP contribution in [0.15, 0.2) is 421 Å². The molecule has 8 aromatic heterocycles. The Kier molecular flexibility index (Phi) is 15.8. The Morgan fingerprint density at radius 3 is 1.05 bits per heavy atom. The highest BCUT2D eigenvalue weighted by Crippen LogP contribution is 2.50. The normalized spacial score (nSPS) is 12.0. The van der Waals surface area contributed by atoms with Crippen LogP contribution in [0.1, 0.15) is 0 Å². The summed E-state index contributed by atoms with van der Waals surface area (Å²) in [7, 11) is 0. The summed E-state index contributed by atoms with van der Waals surface area (Å²) in [4.78, 5) is 32.1. The average molecular weight is 1610 g/mol. The number of aromatic nitrogens is 10. The van der Waals surface area contributed by atoms with E-state index < -0.39 is 0 Å². The van der Waals surface area contributed by atoms with Crippen LogP contribution < -0.4 is 0 Å². The van der Waals surface area contributed by atoms with E-state index >= 15 is 0 Å². The SMILES string of the molecule is c1ccc(-c2cccc(-c3nc(-c4ccccc4)nc(-c4ccc(-n5c6ccccc6c6c5ccc5c7ccccc7n(-c7cccc(-c8cccc(-c9cccc(-c%10nc(-c%11ccccc%11)nc(-c%11ccc(-n%12c%13ccccc%13c%13c%12ccc%12c%14ccccc%14n(-c%14ccccc%14)c%12%13)c%12oc%13ccccc%13c%11%12)n%10)c9)c8)c7)c56)c5c4oc4ccccc45)n3)c2)cc1. The molecule has 0 unspecified atom stereocenters. The van der Waals surface area contributed by atoms with Gasteiger partial charge in [-0.2, -0.15) is 0 Å². The van der Waals surface area contributed by atoms with Crippen LogP contribution in [-0.2, 0) is 0 Å². The average Bonchev–Trinajstić information content (AvgIpc) is 1.54. The largest absolute Gasteiger partial charge is 0.455 e. The summed E-state index contributed by atoms with van der Waals surface area (Å²) in [5.41, 5.74) is 27.2. The fraction of sp³-hybridized carbons (Fsp3) is 0. The third kappa shape index (κ3) is 11.1. The number of rotatable bonds is 13. The second-order valence-corrected chi connectivity index (χ2v) is 32.3. The van der Waals surface area contributed by atoms with Gasteiger partial charge in [-0.05, 0) is 149 Å². The fourth-order valence-corrected chi connectivity index (χ4v) is 19.7. The van der Waals surface area contributed by atoms with Crippen LogP contribution in [0.3, 0.4) is 0 Å². The summed E-state index contributed by atoms with van der Waals surface area (Å²) >= 11 is 0. The molecule has 0 amide bonds. The molecule has 0 spiro atoms. The zero-order valence-corrected chi connectivity index (χ0v) is 67.5. The van der Waals surface area contributed by atoms with Gasteiger partial charge in [0.15, 0.2) is 40.5 Å². The van der Waals surface area contributed by atoms with Gasteiger partial charge in [0.2, 0.25) is 0 Å². The molecule has 0 bridgehead atoms. The molecule has 18 aromatic carbocycles. The van der Waals surface area contributed by atoms with E-state index in [9.17, 15) is 0 Å². The molecule has 586 valence electrons. The van der Waals surface area contributed by atoms with Gasteiger partial charge in [-0.3, -0.25) is 0 Å². The third-order valence-electron chi connectivity index (χ3n) is 25.2. The third-order valence-corrected chi connectivity index (χ3v) is 25.2. The Morgan fingerprint density at radius 2 is 0.516 bits per heavy atom. The second kappa shape index (κ2) is 28.2. The van der Waals surface area contributed by atoms with Crippen LogP contribution in [-0.4, -0.2) is 48.2 Å². The van der Waals surface area contributed by atoms with Crippen molar-refractivity contribution in [1.29, 1.82) is 0 Å². The number of furan rings is 2. The molecule has 0 N–H and O–H groups in total. The lowest BCUT2D eigenvalue weighted by molar-refractivity contribution is 0.666. The molecule has 0 saturated carbocycles. The zero-order chi connectivity index (χ0) is 82.6. The van der Waals surface area contributed by atoms with Crippen molar-refractivity contribution in [2.75, 3.05) is 0 Å². The fourth-order valence-electron chi connectivity index (χ4n) is 19.7. The first-order chi connectivity index (χ1) is 62.5. The van der Waals surface area contributed by atoms with E-state index in [0.717, 1.165) is 204 Å². The van der Waals surface area contributed by atoms with E-state index in [2.05, 4.69) is 358 Å². The van der Waals surface area contributed by atoms with Crippen molar-refractivity contribution in [2.45, 2.75) is 0 Å². The van der Waals surface area contributed by atoms with Crippen molar-refractivity contribution < 1.29 is 8.83 Å². The molecule has 26 aromatic rings. The van der Waals surface area contributed by atoms with Crippen LogP contribution in [0.4, 0.5) is 0 Å². The highest BCUT2D eigenvalue weighted by Gasteiger charge is 2.30. The van der Waals surface area contributed by atoms with E-state index in [0.29, 0.717) is 40.5 Å². The molecule has 0 radical (unpaired) electrons. The van der Waals surface area contributed by atoms with Crippen molar-refractivity contribution in [2.24, 2.45) is 0 Å². The second-order valence-electron chi connectivity index (χ2n) is 32.3. The molecule has 0 saturated heterocycles. The Balaban J connectivity index is 0.588. The number of hydrogen-bond donors (Lipinski definition) is 0. The summed E-state index contributed by atoms with van der Waals surface area (Å²) in [5, 5.41) is 13.1. The smallest absolute Gasteiger partial charge is 0.167 e. The lowest BCUT2D eigenvalue weighted by atomic mass is 9.97. The van der Waals surface area contributed by atoms with Crippen LogP contribution in [0.25, 0.3) is 256 Å². The van der Waals surface area contributed by atoms with Crippen molar-refractivity contribution in [3.63, 3.8) is 0 Å². The van der Waals surface area contributed by atoms with Crippen LogP contribution in [0, 0.1) is 0 Å². The highest BCUT2D eigenvalue weighted by molar-refractivity contribution is 6.29. The van der Waals surface area contributed by atoms with Gasteiger partial charge in [0.25, 0.3) is 0 Å². The summed E-state index contributed by atoms with van der Waals surface area (Å²) in [6.07, 6.45) is 0. The summed E-state index contributed by atoms with van der Waals surface area (Å²) < 4.78 is 24.0. The number of benzene rings is 18. The monoisotopic (exact) mass is 1610 g/mol. The zero-order valence-electron chi connectivity index (χ0n) is 67.5. The minimum atomic E-state index is 0.508. The lowest BCUT2D eigenvalue weighted by Crippen LogP contribution is -2.01.